The molecule has 1 aliphatic carbocycles. The predicted octanol–water partition coefficient (Wildman–Crippen LogP) is 2.67. The number of carbonyl (C=O) groups excluding carboxylic acids is 2. The third-order valence-corrected chi connectivity index (χ3v) is 3.82. The van der Waals surface area contributed by atoms with E-state index in [1.165, 1.54) is 18.2 Å². The monoisotopic (exact) mass is 326 g/mol. The van der Waals surface area contributed by atoms with E-state index >= 15 is 0 Å². The first kappa shape index (κ1) is 15.9. The third kappa shape index (κ3) is 2.27. The number of nitrogens with two attached hydrogens (primary N) is 1. The molecule has 124 valence electrons. The molecule has 0 radical (unpaired) electrons. The van der Waals surface area contributed by atoms with Crippen LogP contribution in [0.15, 0.2) is 24.3 Å². The number of benzene rings is 2. The minimum atomic E-state index is -0.581. The summed E-state index contributed by atoms with van der Waals surface area (Å²) >= 11 is 0. The lowest BCUT2D eigenvalue weighted by Gasteiger charge is -2.27. The lowest BCUT2D eigenvalue weighted by molar-refractivity contribution is 0.0975. The maximum atomic E-state index is 13.0. The number of hydrogen-bond donors (Lipinski definition) is 4. The van der Waals surface area contributed by atoms with E-state index in [-0.39, 0.29) is 45.0 Å². The standard InChI is InChI=1S/C18H18N2O4/c1-18(2,3)20-9-5-7-11(22)15-13(9)17(24)14-10(21)6-4-8(19)12(14)16(15)23/h4-7,20-22H,19H2,1-3H3. The average molecular weight is 326 g/mol. The number of nitrogens with one attached hydrogen (secondary N) is 1. The van der Waals surface area contributed by atoms with E-state index in [0.29, 0.717) is 5.69 Å². The minimum Gasteiger partial charge on any atom is -0.507 e. The number of carbonyl (C=O) groups is 2. The molecule has 0 heterocycles. The summed E-state index contributed by atoms with van der Waals surface area (Å²) in [6.45, 7) is 5.72. The molecule has 0 saturated heterocycles. The fraction of sp³-hybridized carbons (Fsp3) is 0.222. The van der Waals surface area contributed by atoms with Crippen molar-refractivity contribution in [3.8, 4) is 11.5 Å². The van der Waals surface area contributed by atoms with Gasteiger partial charge in [0.15, 0.2) is 0 Å². The second-order valence-corrected chi connectivity index (χ2v) is 6.84. The summed E-state index contributed by atoms with van der Waals surface area (Å²) in [4.78, 5) is 25.8. The predicted molar refractivity (Wildman–Crippen MR) is 90.9 cm³/mol. The molecule has 5 N–H and O–H groups in total. The van der Waals surface area contributed by atoms with Gasteiger partial charge in [-0.1, -0.05) is 0 Å². The van der Waals surface area contributed by atoms with Crippen molar-refractivity contribution < 1.29 is 19.8 Å². The van der Waals surface area contributed by atoms with Gasteiger partial charge in [-0.3, -0.25) is 9.59 Å². The van der Waals surface area contributed by atoms with E-state index in [1.807, 2.05) is 20.8 Å². The normalized spacial score (nSPS) is 13.5. The van der Waals surface area contributed by atoms with Gasteiger partial charge in [-0.2, -0.15) is 0 Å². The second kappa shape index (κ2) is 4.99. The van der Waals surface area contributed by atoms with Crippen molar-refractivity contribution in [2.45, 2.75) is 26.3 Å². The molecule has 0 aliphatic heterocycles. The molecule has 0 fully saturated rings. The second-order valence-electron chi connectivity index (χ2n) is 6.84. The van der Waals surface area contributed by atoms with E-state index < -0.39 is 11.6 Å². The Hall–Kier alpha value is -3.02. The lowest BCUT2D eigenvalue weighted by Crippen LogP contribution is -2.30. The number of hydrogen-bond acceptors (Lipinski definition) is 6. The number of phenols is 2. The summed E-state index contributed by atoms with van der Waals surface area (Å²) in [5, 5.41) is 23.4. The van der Waals surface area contributed by atoms with E-state index in [1.54, 1.807) is 6.07 Å². The highest BCUT2D eigenvalue weighted by atomic mass is 16.3. The summed E-state index contributed by atoms with van der Waals surface area (Å²) in [6, 6.07) is 5.55. The number of fused-ring (bicyclic) bond motifs is 2. The van der Waals surface area contributed by atoms with Crippen LogP contribution in [0.3, 0.4) is 0 Å². The van der Waals surface area contributed by atoms with Crippen LogP contribution < -0.4 is 11.1 Å². The van der Waals surface area contributed by atoms with Crippen LogP contribution in [0.4, 0.5) is 11.4 Å². The van der Waals surface area contributed by atoms with Crippen LogP contribution in [0.1, 0.15) is 52.6 Å². The van der Waals surface area contributed by atoms with Crippen molar-refractivity contribution in [3.05, 3.63) is 46.5 Å². The SMILES string of the molecule is CC(C)(C)Nc1ccc(O)c2c1C(=O)c1c(O)ccc(N)c1C2=O. The molecular formula is C18H18N2O4. The first-order chi connectivity index (χ1) is 11.1. The molecule has 6 nitrogen and oxygen atoms in total. The van der Waals surface area contributed by atoms with Crippen LogP contribution in [0, 0.1) is 0 Å². The number of anilines is 2. The largest absolute Gasteiger partial charge is 0.507 e. The quantitative estimate of drug-likeness (QED) is 0.404. The van der Waals surface area contributed by atoms with Crippen molar-refractivity contribution in [1.29, 1.82) is 0 Å². The first-order valence-corrected chi connectivity index (χ1v) is 7.47. The van der Waals surface area contributed by atoms with Crippen LogP contribution in [-0.2, 0) is 0 Å². The minimum absolute atomic E-state index is 0.0447. The van der Waals surface area contributed by atoms with Crippen molar-refractivity contribution in [3.63, 3.8) is 0 Å². The molecule has 0 amide bonds. The van der Waals surface area contributed by atoms with Crippen LogP contribution in [0.2, 0.25) is 0 Å². The highest BCUT2D eigenvalue weighted by Crippen LogP contribution is 2.42. The zero-order valence-electron chi connectivity index (χ0n) is 13.6. The van der Waals surface area contributed by atoms with E-state index in [4.69, 9.17) is 5.73 Å². The Kier molecular flexibility index (Phi) is 3.30. The van der Waals surface area contributed by atoms with Crippen LogP contribution in [-0.4, -0.2) is 27.3 Å². The van der Waals surface area contributed by atoms with Gasteiger partial charge in [0.05, 0.1) is 22.3 Å². The van der Waals surface area contributed by atoms with Crippen molar-refractivity contribution in [2.24, 2.45) is 0 Å². The molecule has 3 rings (SSSR count). The molecule has 24 heavy (non-hydrogen) atoms. The van der Waals surface area contributed by atoms with Crippen molar-refractivity contribution >= 4 is 22.9 Å². The Morgan fingerprint density at radius 1 is 0.833 bits per heavy atom. The Balaban J connectivity index is 2.34. The van der Waals surface area contributed by atoms with Crippen molar-refractivity contribution in [1.82, 2.24) is 0 Å². The molecule has 2 aromatic carbocycles. The summed E-state index contributed by atoms with van der Waals surface area (Å²) in [5.74, 6) is -1.74. The Labute approximate surface area is 138 Å². The highest BCUT2D eigenvalue weighted by molar-refractivity contribution is 6.33. The van der Waals surface area contributed by atoms with Gasteiger partial charge in [0.1, 0.15) is 11.5 Å². The van der Waals surface area contributed by atoms with Gasteiger partial charge in [0, 0.05) is 16.9 Å². The van der Waals surface area contributed by atoms with E-state index in [0.717, 1.165) is 0 Å². The topological polar surface area (TPSA) is 113 Å². The summed E-state index contributed by atoms with van der Waals surface area (Å²) in [6.07, 6.45) is 0. The molecule has 0 bridgehead atoms. The zero-order chi connectivity index (χ0) is 17.8. The smallest absolute Gasteiger partial charge is 0.200 e. The fourth-order valence-corrected chi connectivity index (χ4v) is 2.90. The zero-order valence-corrected chi connectivity index (χ0v) is 13.6. The van der Waals surface area contributed by atoms with Crippen molar-refractivity contribution in [2.75, 3.05) is 11.1 Å². The Bertz CT molecular complexity index is 895. The summed E-state index contributed by atoms with van der Waals surface area (Å²) < 4.78 is 0. The average Bonchev–Trinajstić information content (AvgIpc) is 2.47. The third-order valence-electron chi connectivity index (χ3n) is 3.82. The lowest BCUT2D eigenvalue weighted by atomic mass is 9.81. The number of phenolic OH excluding ortho intramolecular Hbond substituents is 2. The Morgan fingerprint density at radius 3 is 1.92 bits per heavy atom. The molecule has 0 atom stereocenters. The maximum absolute atomic E-state index is 13.0. The summed E-state index contributed by atoms with van der Waals surface area (Å²) in [5.41, 5.74) is 5.70. The molecule has 6 heteroatoms. The molecule has 0 spiro atoms. The van der Waals surface area contributed by atoms with Gasteiger partial charge in [0.25, 0.3) is 0 Å². The highest BCUT2D eigenvalue weighted by Gasteiger charge is 2.37. The van der Waals surface area contributed by atoms with Gasteiger partial charge in [-0.15, -0.1) is 0 Å². The van der Waals surface area contributed by atoms with E-state index in [9.17, 15) is 19.8 Å². The van der Waals surface area contributed by atoms with Crippen LogP contribution >= 0.6 is 0 Å². The maximum Gasteiger partial charge on any atom is 0.200 e. The fourth-order valence-electron chi connectivity index (χ4n) is 2.90. The van der Waals surface area contributed by atoms with Gasteiger partial charge in [-0.25, -0.2) is 0 Å². The van der Waals surface area contributed by atoms with Crippen LogP contribution in [0.25, 0.3) is 0 Å². The van der Waals surface area contributed by atoms with Gasteiger partial charge < -0.3 is 21.3 Å². The molecular weight excluding hydrogens is 308 g/mol. The molecule has 0 saturated carbocycles. The molecule has 1 aliphatic rings. The van der Waals surface area contributed by atoms with Gasteiger partial charge in [-0.05, 0) is 45.0 Å². The van der Waals surface area contributed by atoms with Gasteiger partial charge >= 0.3 is 0 Å². The molecule has 0 unspecified atom stereocenters. The van der Waals surface area contributed by atoms with Crippen LogP contribution in [0.5, 0.6) is 11.5 Å². The summed E-state index contributed by atoms with van der Waals surface area (Å²) in [7, 11) is 0. The molecule has 2 aromatic rings. The first-order valence-electron chi connectivity index (χ1n) is 7.47. The van der Waals surface area contributed by atoms with Gasteiger partial charge in [0.2, 0.25) is 11.6 Å². The number of nitrogen functional groups attached to an aromatic ring is 1. The Morgan fingerprint density at radius 2 is 1.33 bits per heavy atom. The number of aromatic hydroxyl groups is 2. The van der Waals surface area contributed by atoms with E-state index in [2.05, 4.69) is 5.32 Å². The number of rotatable bonds is 1. The number of ketones is 2. The molecule has 0 aromatic heterocycles.